The van der Waals surface area contributed by atoms with Crippen LogP contribution in [-0.4, -0.2) is 82.9 Å². The minimum absolute atomic E-state index is 0.105. The molecule has 5 rings (SSSR count). The number of aromatic nitrogens is 2. The standard InChI is InChI=1S/C24H27N5O4/c1-15-12-21(26-16(2)25-15)27-7-9-28(10-8-27)22(30)17-5-6-19-20(13-17)24(32)29(23(19)31)14-18-4-3-11-33-18/h5-6,12-13,18H,3-4,7-11,14H2,1-2H3. The van der Waals surface area contributed by atoms with Crippen LogP contribution in [0, 0.1) is 13.8 Å². The number of carbonyl (C=O) groups excluding carboxylic acids is 3. The number of imide groups is 1. The van der Waals surface area contributed by atoms with Crippen LogP contribution in [0.15, 0.2) is 24.3 Å². The fraction of sp³-hybridized carbons (Fsp3) is 0.458. The quantitative estimate of drug-likeness (QED) is 0.657. The van der Waals surface area contributed by atoms with Crippen molar-refractivity contribution in [3.05, 3.63) is 52.5 Å². The Bertz CT molecular complexity index is 1100. The molecule has 0 spiro atoms. The van der Waals surface area contributed by atoms with Gasteiger partial charge in [-0.2, -0.15) is 0 Å². The maximum Gasteiger partial charge on any atom is 0.261 e. The summed E-state index contributed by atoms with van der Waals surface area (Å²) in [5.74, 6) is 0.813. The summed E-state index contributed by atoms with van der Waals surface area (Å²) in [7, 11) is 0. The summed E-state index contributed by atoms with van der Waals surface area (Å²) in [6, 6.07) is 6.76. The summed E-state index contributed by atoms with van der Waals surface area (Å²) in [6.45, 7) is 7.18. The van der Waals surface area contributed by atoms with Crippen LogP contribution in [0.3, 0.4) is 0 Å². The second kappa shape index (κ2) is 8.55. The summed E-state index contributed by atoms with van der Waals surface area (Å²) in [6.07, 6.45) is 1.68. The van der Waals surface area contributed by atoms with E-state index in [2.05, 4.69) is 14.9 Å². The molecule has 3 aliphatic rings. The Morgan fingerprint density at radius 3 is 2.48 bits per heavy atom. The van der Waals surface area contributed by atoms with Gasteiger partial charge in [0.1, 0.15) is 11.6 Å². The molecule has 1 aromatic carbocycles. The van der Waals surface area contributed by atoms with Crippen LogP contribution in [0.4, 0.5) is 5.82 Å². The number of hydrogen-bond acceptors (Lipinski definition) is 7. The van der Waals surface area contributed by atoms with E-state index in [1.165, 1.54) is 4.90 Å². The number of benzene rings is 1. The topological polar surface area (TPSA) is 95.9 Å². The molecule has 2 saturated heterocycles. The molecule has 33 heavy (non-hydrogen) atoms. The number of ether oxygens (including phenoxy) is 1. The van der Waals surface area contributed by atoms with Crippen molar-refractivity contribution in [2.45, 2.75) is 32.8 Å². The van der Waals surface area contributed by atoms with Gasteiger partial charge in [-0.1, -0.05) is 0 Å². The number of nitrogens with zero attached hydrogens (tertiary/aromatic N) is 5. The number of aryl methyl sites for hydroxylation is 2. The molecule has 2 fully saturated rings. The predicted molar refractivity (Wildman–Crippen MR) is 120 cm³/mol. The number of hydrogen-bond donors (Lipinski definition) is 0. The molecule has 0 saturated carbocycles. The highest BCUT2D eigenvalue weighted by Gasteiger charge is 2.38. The average Bonchev–Trinajstić information content (AvgIpc) is 3.41. The van der Waals surface area contributed by atoms with Gasteiger partial charge >= 0.3 is 0 Å². The van der Waals surface area contributed by atoms with E-state index in [4.69, 9.17) is 4.74 Å². The van der Waals surface area contributed by atoms with Crippen molar-refractivity contribution in [2.24, 2.45) is 0 Å². The van der Waals surface area contributed by atoms with Gasteiger partial charge in [-0.15, -0.1) is 0 Å². The van der Waals surface area contributed by atoms with Gasteiger partial charge < -0.3 is 14.5 Å². The Morgan fingerprint density at radius 2 is 1.79 bits per heavy atom. The molecule has 1 aromatic heterocycles. The van der Waals surface area contributed by atoms with E-state index >= 15 is 0 Å². The normalized spacial score (nSPS) is 20.5. The largest absolute Gasteiger partial charge is 0.376 e. The molecule has 9 heteroatoms. The Labute approximate surface area is 192 Å². The van der Waals surface area contributed by atoms with Crippen LogP contribution in [0.25, 0.3) is 0 Å². The lowest BCUT2D eigenvalue weighted by atomic mass is 10.0. The predicted octanol–water partition coefficient (Wildman–Crippen LogP) is 1.83. The highest BCUT2D eigenvalue weighted by atomic mass is 16.5. The van der Waals surface area contributed by atoms with Gasteiger partial charge in [0.2, 0.25) is 0 Å². The maximum atomic E-state index is 13.2. The van der Waals surface area contributed by atoms with Crippen molar-refractivity contribution in [3.8, 4) is 0 Å². The molecule has 1 unspecified atom stereocenters. The summed E-state index contributed by atoms with van der Waals surface area (Å²) in [5, 5.41) is 0. The Hall–Kier alpha value is -3.33. The first-order valence-corrected chi connectivity index (χ1v) is 11.4. The number of amides is 3. The Balaban J connectivity index is 1.27. The molecule has 2 aromatic rings. The molecule has 3 amide bonds. The molecular formula is C24H27N5O4. The molecule has 0 bridgehead atoms. The third-order valence-electron chi connectivity index (χ3n) is 6.47. The highest BCUT2D eigenvalue weighted by Crippen LogP contribution is 2.27. The third kappa shape index (κ3) is 4.08. The van der Waals surface area contributed by atoms with Crippen LogP contribution in [0.2, 0.25) is 0 Å². The van der Waals surface area contributed by atoms with Gasteiger partial charge in [0.15, 0.2) is 0 Å². The lowest BCUT2D eigenvalue weighted by Crippen LogP contribution is -2.49. The van der Waals surface area contributed by atoms with Gasteiger partial charge in [0.25, 0.3) is 17.7 Å². The molecule has 9 nitrogen and oxygen atoms in total. The van der Waals surface area contributed by atoms with Gasteiger partial charge in [0.05, 0.1) is 23.8 Å². The van der Waals surface area contributed by atoms with Crippen LogP contribution >= 0.6 is 0 Å². The number of rotatable bonds is 4. The molecule has 0 aliphatic carbocycles. The lowest BCUT2D eigenvalue weighted by Gasteiger charge is -2.35. The van der Waals surface area contributed by atoms with Gasteiger partial charge in [0, 0.05) is 50.1 Å². The SMILES string of the molecule is Cc1cc(N2CCN(C(=O)c3ccc4c(c3)C(=O)N(CC3CCCO3)C4=O)CC2)nc(C)n1. The monoisotopic (exact) mass is 449 g/mol. The van der Waals surface area contributed by atoms with Crippen LogP contribution < -0.4 is 4.90 Å². The fourth-order valence-electron chi connectivity index (χ4n) is 4.76. The first-order valence-electron chi connectivity index (χ1n) is 11.4. The first kappa shape index (κ1) is 21.5. The zero-order chi connectivity index (χ0) is 23.1. The summed E-state index contributed by atoms with van der Waals surface area (Å²) in [4.78, 5) is 52.8. The number of fused-ring (bicyclic) bond motifs is 1. The number of piperazine rings is 1. The van der Waals surface area contributed by atoms with Crippen molar-refractivity contribution in [2.75, 3.05) is 44.2 Å². The van der Waals surface area contributed by atoms with Crippen molar-refractivity contribution in [3.63, 3.8) is 0 Å². The summed E-state index contributed by atoms with van der Waals surface area (Å²) < 4.78 is 5.59. The Morgan fingerprint density at radius 1 is 1.03 bits per heavy atom. The molecule has 0 N–H and O–H groups in total. The van der Waals surface area contributed by atoms with E-state index in [0.29, 0.717) is 49.5 Å². The zero-order valence-electron chi connectivity index (χ0n) is 18.9. The lowest BCUT2D eigenvalue weighted by molar-refractivity contribution is 0.0475. The molecular weight excluding hydrogens is 422 g/mol. The van der Waals surface area contributed by atoms with E-state index in [-0.39, 0.29) is 30.4 Å². The molecule has 172 valence electrons. The van der Waals surface area contributed by atoms with Crippen LogP contribution in [-0.2, 0) is 4.74 Å². The van der Waals surface area contributed by atoms with Crippen molar-refractivity contribution >= 4 is 23.5 Å². The Kier molecular flexibility index (Phi) is 5.57. The van der Waals surface area contributed by atoms with E-state index in [9.17, 15) is 14.4 Å². The zero-order valence-corrected chi connectivity index (χ0v) is 18.9. The van der Waals surface area contributed by atoms with Gasteiger partial charge in [-0.25, -0.2) is 9.97 Å². The average molecular weight is 450 g/mol. The third-order valence-corrected chi connectivity index (χ3v) is 6.47. The highest BCUT2D eigenvalue weighted by molar-refractivity contribution is 6.22. The van der Waals surface area contributed by atoms with E-state index in [1.54, 1.807) is 23.1 Å². The molecule has 4 heterocycles. The second-order valence-electron chi connectivity index (χ2n) is 8.81. The molecule has 0 radical (unpaired) electrons. The minimum atomic E-state index is -0.348. The van der Waals surface area contributed by atoms with Crippen molar-refractivity contribution in [1.29, 1.82) is 0 Å². The van der Waals surface area contributed by atoms with Crippen molar-refractivity contribution in [1.82, 2.24) is 19.8 Å². The minimum Gasteiger partial charge on any atom is -0.376 e. The van der Waals surface area contributed by atoms with E-state index < -0.39 is 0 Å². The van der Waals surface area contributed by atoms with E-state index in [0.717, 1.165) is 30.2 Å². The fourth-order valence-corrected chi connectivity index (χ4v) is 4.76. The first-order chi connectivity index (χ1) is 15.9. The summed E-state index contributed by atoms with van der Waals surface area (Å²) >= 11 is 0. The van der Waals surface area contributed by atoms with Gasteiger partial charge in [-0.3, -0.25) is 19.3 Å². The smallest absolute Gasteiger partial charge is 0.261 e. The van der Waals surface area contributed by atoms with E-state index in [1.807, 2.05) is 19.9 Å². The van der Waals surface area contributed by atoms with Crippen molar-refractivity contribution < 1.29 is 19.1 Å². The van der Waals surface area contributed by atoms with Gasteiger partial charge in [-0.05, 0) is 44.9 Å². The van der Waals surface area contributed by atoms with Crippen LogP contribution in [0.5, 0.6) is 0 Å². The number of carbonyl (C=O) groups is 3. The molecule has 1 atom stereocenters. The van der Waals surface area contributed by atoms with Crippen LogP contribution in [0.1, 0.15) is 55.4 Å². The molecule has 3 aliphatic heterocycles. The second-order valence-corrected chi connectivity index (χ2v) is 8.81. The summed E-state index contributed by atoms with van der Waals surface area (Å²) in [5.41, 5.74) is 2.00. The number of anilines is 1. The maximum absolute atomic E-state index is 13.2.